The van der Waals surface area contributed by atoms with Gasteiger partial charge in [-0.15, -0.1) is 0 Å². The van der Waals surface area contributed by atoms with Crippen LogP contribution in [0, 0.1) is 0 Å². The van der Waals surface area contributed by atoms with Crippen LogP contribution in [0.15, 0.2) is 24.3 Å². The summed E-state index contributed by atoms with van der Waals surface area (Å²) in [6.45, 7) is 0. The maximum absolute atomic E-state index is 11.9. The molecule has 1 N–H and O–H groups in total. The van der Waals surface area contributed by atoms with Gasteiger partial charge in [0.05, 0.1) is 5.56 Å². The number of hydrogen-bond donors (Lipinski definition) is 1. The standard InChI is InChI=1S/C7H5F3O.CH4/c8-7(9,10)5-2-1-3-6(11)4-5;/h1-4,11H;1H4. The molecule has 0 atom stereocenters. The first-order chi connectivity index (χ1) is 5.00. The van der Waals surface area contributed by atoms with Crippen LogP contribution in [-0.2, 0) is 6.18 Å². The molecule has 0 aliphatic carbocycles. The molecule has 68 valence electrons. The van der Waals surface area contributed by atoms with Crippen LogP contribution in [0.25, 0.3) is 0 Å². The van der Waals surface area contributed by atoms with Crippen LogP contribution in [0.4, 0.5) is 13.2 Å². The maximum Gasteiger partial charge on any atom is 0.416 e. The summed E-state index contributed by atoms with van der Waals surface area (Å²) < 4.78 is 35.6. The monoisotopic (exact) mass is 178 g/mol. The summed E-state index contributed by atoms with van der Waals surface area (Å²) in [6.07, 6.45) is -4.38. The third-order valence-electron chi connectivity index (χ3n) is 1.17. The van der Waals surface area contributed by atoms with Crippen LogP contribution in [0.3, 0.4) is 0 Å². The third kappa shape index (κ3) is 2.45. The van der Waals surface area contributed by atoms with E-state index >= 15 is 0 Å². The molecule has 0 heterocycles. The number of phenols is 1. The van der Waals surface area contributed by atoms with Crippen molar-refractivity contribution in [3.8, 4) is 5.75 Å². The minimum absolute atomic E-state index is 0. The van der Waals surface area contributed by atoms with E-state index in [4.69, 9.17) is 5.11 Å². The van der Waals surface area contributed by atoms with Crippen molar-refractivity contribution in [1.82, 2.24) is 0 Å². The van der Waals surface area contributed by atoms with Crippen molar-refractivity contribution in [2.75, 3.05) is 0 Å². The van der Waals surface area contributed by atoms with Crippen molar-refractivity contribution in [2.24, 2.45) is 0 Å². The molecule has 0 saturated carbocycles. The molecule has 0 bridgehead atoms. The molecule has 0 unspecified atom stereocenters. The molecular weight excluding hydrogens is 169 g/mol. The molecule has 0 fully saturated rings. The molecule has 0 aliphatic heterocycles. The molecule has 1 rings (SSSR count). The number of rotatable bonds is 0. The Hall–Kier alpha value is -1.19. The van der Waals surface area contributed by atoms with Crippen molar-refractivity contribution in [1.29, 1.82) is 0 Å². The van der Waals surface area contributed by atoms with E-state index in [0.29, 0.717) is 6.07 Å². The molecule has 0 amide bonds. The van der Waals surface area contributed by atoms with E-state index in [-0.39, 0.29) is 13.2 Å². The van der Waals surface area contributed by atoms with E-state index in [1.165, 1.54) is 6.07 Å². The van der Waals surface area contributed by atoms with Gasteiger partial charge in [-0.05, 0) is 18.2 Å². The number of phenolic OH excluding ortho intramolecular Hbond substituents is 1. The summed E-state index contributed by atoms with van der Waals surface area (Å²) in [5, 5.41) is 8.68. The minimum atomic E-state index is -4.38. The molecule has 1 aromatic carbocycles. The number of benzene rings is 1. The zero-order chi connectivity index (χ0) is 8.48. The zero-order valence-corrected chi connectivity index (χ0v) is 5.39. The van der Waals surface area contributed by atoms with Gasteiger partial charge in [0.2, 0.25) is 0 Å². The van der Waals surface area contributed by atoms with E-state index < -0.39 is 11.7 Å². The highest BCUT2D eigenvalue weighted by atomic mass is 19.4. The van der Waals surface area contributed by atoms with Gasteiger partial charge in [0.1, 0.15) is 5.75 Å². The Morgan fingerprint density at radius 1 is 1.17 bits per heavy atom. The van der Waals surface area contributed by atoms with Gasteiger partial charge < -0.3 is 5.11 Å². The molecular formula is C8H9F3O. The molecule has 1 nitrogen and oxygen atoms in total. The molecule has 12 heavy (non-hydrogen) atoms. The quantitative estimate of drug-likeness (QED) is 0.647. The van der Waals surface area contributed by atoms with Crippen LogP contribution in [-0.4, -0.2) is 5.11 Å². The minimum Gasteiger partial charge on any atom is -0.508 e. The van der Waals surface area contributed by atoms with Crippen LogP contribution < -0.4 is 0 Å². The Morgan fingerprint density at radius 3 is 2.08 bits per heavy atom. The lowest BCUT2D eigenvalue weighted by Gasteiger charge is -2.05. The number of halogens is 3. The highest BCUT2D eigenvalue weighted by Gasteiger charge is 2.30. The van der Waals surface area contributed by atoms with E-state index in [2.05, 4.69) is 0 Å². The lowest BCUT2D eigenvalue weighted by Crippen LogP contribution is -2.03. The molecule has 0 aliphatic rings. The van der Waals surface area contributed by atoms with Crippen LogP contribution in [0.2, 0.25) is 0 Å². The zero-order valence-electron chi connectivity index (χ0n) is 5.39. The number of aromatic hydroxyl groups is 1. The van der Waals surface area contributed by atoms with Gasteiger partial charge in [-0.25, -0.2) is 0 Å². The largest absolute Gasteiger partial charge is 0.508 e. The predicted octanol–water partition coefficient (Wildman–Crippen LogP) is 3.05. The second-order valence-corrected chi connectivity index (χ2v) is 2.05. The van der Waals surface area contributed by atoms with Crippen molar-refractivity contribution >= 4 is 0 Å². The van der Waals surface area contributed by atoms with Crippen molar-refractivity contribution in [3.05, 3.63) is 29.8 Å². The summed E-state index contributed by atoms with van der Waals surface area (Å²) in [6, 6.07) is 3.92. The Balaban J connectivity index is 0.00000121. The number of alkyl halides is 3. The average Bonchev–Trinajstić information content (AvgIpc) is 1.86. The SMILES string of the molecule is C.Oc1cccc(C(F)(F)F)c1. The fourth-order valence-electron chi connectivity index (χ4n) is 0.682. The smallest absolute Gasteiger partial charge is 0.416 e. The fourth-order valence-corrected chi connectivity index (χ4v) is 0.682. The Kier molecular flexibility index (Phi) is 3.13. The second kappa shape index (κ2) is 3.47. The molecule has 0 aromatic heterocycles. The molecule has 1 aromatic rings. The molecule has 0 radical (unpaired) electrons. The first-order valence-electron chi connectivity index (χ1n) is 2.86. The Bertz CT molecular complexity index is 255. The third-order valence-corrected chi connectivity index (χ3v) is 1.17. The van der Waals surface area contributed by atoms with Crippen molar-refractivity contribution in [3.63, 3.8) is 0 Å². The van der Waals surface area contributed by atoms with Crippen molar-refractivity contribution in [2.45, 2.75) is 13.6 Å². The lowest BCUT2D eigenvalue weighted by molar-refractivity contribution is -0.137. The number of hydrogen-bond acceptors (Lipinski definition) is 1. The maximum atomic E-state index is 11.9. The van der Waals surface area contributed by atoms with Crippen LogP contribution in [0.5, 0.6) is 5.75 Å². The van der Waals surface area contributed by atoms with Gasteiger partial charge in [0.25, 0.3) is 0 Å². The van der Waals surface area contributed by atoms with E-state index in [1.54, 1.807) is 0 Å². The lowest BCUT2D eigenvalue weighted by atomic mass is 10.2. The Labute approximate surface area is 68.5 Å². The molecule has 4 heteroatoms. The summed E-state index contributed by atoms with van der Waals surface area (Å²) in [5.41, 5.74) is -0.836. The summed E-state index contributed by atoms with van der Waals surface area (Å²) in [5.74, 6) is -0.375. The molecule has 0 saturated heterocycles. The van der Waals surface area contributed by atoms with Gasteiger partial charge in [-0.2, -0.15) is 13.2 Å². The first kappa shape index (κ1) is 10.8. The van der Waals surface area contributed by atoms with Gasteiger partial charge in [0.15, 0.2) is 0 Å². The van der Waals surface area contributed by atoms with Gasteiger partial charge >= 0.3 is 6.18 Å². The van der Waals surface area contributed by atoms with E-state index in [9.17, 15) is 13.2 Å². The second-order valence-electron chi connectivity index (χ2n) is 2.05. The summed E-state index contributed by atoms with van der Waals surface area (Å²) >= 11 is 0. The van der Waals surface area contributed by atoms with E-state index in [0.717, 1.165) is 12.1 Å². The predicted molar refractivity (Wildman–Crippen MR) is 39.8 cm³/mol. The summed E-state index contributed by atoms with van der Waals surface area (Å²) in [7, 11) is 0. The summed E-state index contributed by atoms with van der Waals surface area (Å²) in [4.78, 5) is 0. The fraction of sp³-hybridized carbons (Fsp3) is 0.250. The van der Waals surface area contributed by atoms with Gasteiger partial charge in [-0.3, -0.25) is 0 Å². The normalized spacial score (nSPS) is 10.6. The molecule has 0 spiro atoms. The van der Waals surface area contributed by atoms with E-state index in [1.807, 2.05) is 0 Å². The highest BCUT2D eigenvalue weighted by Crippen LogP contribution is 2.30. The highest BCUT2D eigenvalue weighted by molar-refractivity contribution is 5.28. The van der Waals surface area contributed by atoms with Crippen LogP contribution >= 0.6 is 0 Å². The van der Waals surface area contributed by atoms with Gasteiger partial charge in [-0.1, -0.05) is 13.5 Å². The van der Waals surface area contributed by atoms with Crippen molar-refractivity contribution < 1.29 is 18.3 Å². The first-order valence-corrected chi connectivity index (χ1v) is 2.86. The topological polar surface area (TPSA) is 20.2 Å². The average molecular weight is 178 g/mol. The van der Waals surface area contributed by atoms with Gasteiger partial charge in [0, 0.05) is 0 Å². The Morgan fingerprint density at radius 2 is 1.75 bits per heavy atom. The van der Waals surface area contributed by atoms with Crippen LogP contribution in [0.1, 0.15) is 13.0 Å².